The molecule has 0 aromatic carbocycles. The van der Waals surface area contributed by atoms with Crippen LogP contribution in [0, 0.1) is 5.41 Å². The maximum absolute atomic E-state index is 12.1. The second kappa shape index (κ2) is 6.26. The van der Waals surface area contributed by atoms with E-state index in [0.29, 0.717) is 39.1 Å². The maximum Gasteiger partial charge on any atom is 0.317 e. The third kappa shape index (κ3) is 3.30. The minimum absolute atomic E-state index is 0.170. The molecule has 0 aromatic rings. The Kier molecular flexibility index (Phi) is 4.65. The largest absolute Gasteiger partial charge is 0.481 e. The van der Waals surface area contributed by atoms with E-state index in [4.69, 9.17) is 4.74 Å². The molecule has 6 heteroatoms. The van der Waals surface area contributed by atoms with Crippen LogP contribution in [0.25, 0.3) is 0 Å². The quantitative estimate of drug-likeness (QED) is 0.763. The Balaban J connectivity index is 1.89. The van der Waals surface area contributed by atoms with E-state index >= 15 is 0 Å². The lowest BCUT2D eigenvalue weighted by Crippen LogP contribution is -2.50. The van der Waals surface area contributed by atoms with Crippen LogP contribution in [0.15, 0.2) is 11.6 Å². The van der Waals surface area contributed by atoms with Crippen molar-refractivity contribution in [3.05, 3.63) is 11.6 Å². The van der Waals surface area contributed by atoms with Gasteiger partial charge in [0.15, 0.2) is 0 Å². The molecule has 20 heavy (non-hydrogen) atoms. The Hall–Kier alpha value is -1.56. The van der Waals surface area contributed by atoms with E-state index in [2.05, 4.69) is 12.2 Å². The highest BCUT2D eigenvalue weighted by molar-refractivity contribution is 5.78. The topological polar surface area (TPSA) is 78.9 Å². The van der Waals surface area contributed by atoms with Crippen LogP contribution < -0.4 is 5.32 Å². The molecule has 0 unspecified atom stereocenters. The average Bonchev–Trinajstić information content (AvgIpc) is 2.46. The van der Waals surface area contributed by atoms with Crippen LogP contribution in [0.5, 0.6) is 0 Å². The third-order valence-corrected chi connectivity index (χ3v) is 4.20. The molecular weight excluding hydrogens is 260 g/mol. The van der Waals surface area contributed by atoms with Gasteiger partial charge in [0.25, 0.3) is 0 Å². The first-order chi connectivity index (χ1) is 9.53. The number of carbonyl (C=O) groups excluding carboxylic acids is 1. The number of nitrogens with zero attached hydrogens (tertiary/aromatic N) is 1. The lowest BCUT2D eigenvalue weighted by atomic mass is 9.80. The van der Waals surface area contributed by atoms with Crippen molar-refractivity contribution in [1.29, 1.82) is 0 Å². The van der Waals surface area contributed by atoms with Gasteiger partial charge in [-0.05, 0) is 26.2 Å². The van der Waals surface area contributed by atoms with Gasteiger partial charge < -0.3 is 20.1 Å². The molecular formula is C14H22N2O4. The number of amides is 2. The molecule has 2 amide bonds. The summed E-state index contributed by atoms with van der Waals surface area (Å²) in [5, 5.41) is 12.2. The van der Waals surface area contributed by atoms with Crippen molar-refractivity contribution in [2.24, 2.45) is 5.41 Å². The van der Waals surface area contributed by atoms with Crippen molar-refractivity contribution in [2.75, 3.05) is 32.8 Å². The second-order valence-corrected chi connectivity index (χ2v) is 5.60. The molecule has 2 rings (SSSR count). The SMILES string of the molecule is CC1=CCN(C(=O)NCC2(C(=O)O)CCOCC2)CC1. The van der Waals surface area contributed by atoms with E-state index in [-0.39, 0.29) is 12.6 Å². The molecule has 6 nitrogen and oxygen atoms in total. The zero-order chi connectivity index (χ0) is 14.6. The summed E-state index contributed by atoms with van der Waals surface area (Å²) in [6.07, 6.45) is 3.80. The van der Waals surface area contributed by atoms with Crippen molar-refractivity contribution in [1.82, 2.24) is 10.2 Å². The van der Waals surface area contributed by atoms with Gasteiger partial charge in [0, 0.05) is 32.8 Å². The summed E-state index contributed by atoms with van der Waals surface area (Å²) in [5.41, 5.74) is 0.413. The highest BCUT2D eigenvalue weighted by Crippen LogP contribution is 2.30. The van der Waals surface area contributed by atoms with Gasteiger partial charge in [-0.15, -0.1) is 0 Å². The van der Waals surface area contributed by atoms with Crippen LogP contribution in [0.3, 0.4) is 0 Å². The summed E-state index contributed by atoms with van der Waals surface area (Å²) >= 11 is 0. The van der Waals surface area contributed by atoms with E-state index in [0.717, 1.165) is 6.42 Å². The zero-order valence-corrected chi connectivity index (χ0v) is 11.9. The van der Waals surface area contributed by atoms with E-state index in [1.807, 2.05) is 6.08 Å². The second-order valence-electron chi connectivity index (χ2n) is 5.60. The number of aliphatic carboxylic acids is 1. The molecule has 2 aliphatic heterocycles. The molecule has 0 saturated carbocycles. The van der Waals surface area contributed by atoms with Gasteiger partial charge in [-0.1, -0.05) is 11.6 Å². The van der Waals surface area contributed by atoms with Gasteiger partial charge in [0.05, 0.1) is 5.41 Å². The number of hydrogen-bond donors (Lipinski definition) is 2. The fourth-order valence-corrected chi connectivity index (χ4v) is 2.54. The normalized spacial score (nSPS) is 22.1. The lowest BCUT2D eigenvalue weighted by Gasteiger charge is -2.34. The summed E-state index contributed by atoms with van der Waals surface area (Å²) in [7, 11) is 0. The third-order valence-electron chi connectivity index (χ3n) is 4.20. The van der Waals surface area contributed by atoms with Crippen molar-refractivity contribution < 1.29 is 19.4 Å². The average molecular weight is 282 g/mol. The van der Waals surface area contributed by atoms with Crippen LogP contribution in [-0.2, 0) is 9.53 Å². The Morgan fingerprint density at radius 3 is 2.70 bits per heavy atom. The first-order valence-electron chi connectivity index (χ1n) is 7.03. The molecule has 0 bridgehead atoms. The number of nitrogens with one attached hydrogen (secondary N) is 1. The Bertz CT molecular complexity index is 413. The van der Waals surface area contributed by atoms with Crippen molar-refractivity contribution in [3.63, 3.8) is 0 Å². The fourth-order valence-electron chi connectivity index (χ4n) is 2.54. The van der Waals surface area contributed by atoms with E-state index < -0.39 is 11.4 Å². The molecule has 0 radical (unpaired) electrons. The number of urea groups is 1. The van der Waals surface area contributed by atoms with Crippen LogP contribution in [0.1, 0.15) is 26.2 Å². The fraction of sp³-hybridized carbons (Fsp3) is 0.714. The number of carboxylic acid groups (broad SMARTS) is 1. The Labute approximate surface area is 118 Å². The first kappa shape index (κ1) is 14.8. The monoisotopic (exact) mass is 282 g/mol. The molecule has 112 valence electrons. The van der Waals surface area contributed by atoms with Crippen LogP contribution in [-0.4, -0.2) is 54.9 Å². The highest BCUT2D eigenvalue weighted by Gasteiger charge is 2.40. The Morgan fingerprint density at radius 2 is 2.15 bits per heavy atom. The van der Waals surface area contributed by atoms with Crippen molar-refractivity contribution in [3.8, 4) is 0 Å². The molecule has 1 saturated heterocycles. The Morgan fingerprint density at radius 1 is 1.45 bits per heavy atom. The van der Waals surface area contributed by atoms with Gasteiger partial charge in [-0.25, -0.2) is 4.79 Å². The lowest BCUT2D eigenvalue weighted by molar-refractivity contribution is -0.154. The number of carbonyl (C=O) groups is 2. The molecule has 0 aliphatic carbocycles. The minimum atomic E-state index is -0.880. The zero-order valence-electron chi connectivity index (χ0n) is 11.9. The summed E-state index contributed by atoms with van der Waals surface area (Å²) < 4.78 is 5.22. The summed E-state index contributed by atoms with van der Waals surface area (Å²) in [6.45, 7) is 4.39. The minimum Gasteiger partial charge on any atom is -0.481 e. The summed E-state index contributed by atoms with van der Waals surface area (Å²) in [6, 6.07) is -0.180. The number of rotatable bonds is 3. The molecule has 2 aliphatic rings. The number of carboxylic acids is 1. The van der Waals surface area contributed by atoms with Crippen LogP contribution in [0.2, 0.25) is 0 Å². The van der Waals surface area contributed by atoms with Gasteiger partial charge >= 0.3 is 12.0 Å². The van der Waals surface area contributed by atoms with Gasteiger partial charge in [0.2, 0.25) is 0 Å². The smallest absolute Gasteiger partial charge is 0.317 e. The van der Waals surface area contributed by atoms with Gasteiger partial charge in [-0.2, -0.15) is 0 Å². The standard InChI is InChI=1S/C14H22N2O4/c1-11-2-6-16(7-3-11)13(19)15-10-14(12(17)18)4-8-20-9-5-14/h2H,3-10H2,1H3,(H,15,19)(H,17,18). The molecule has 1 fully saturated rings. The summed E-state index contributed by atoms with van der Waals surface area (Å²) in [4.78, 5) is 25.3. The van der Waals surface area contributed by atoms with Crippen molar-refractivity contribution in [2.45, 2.75) is 26.2 Å². The predicted octanol–water partition coefficient (Wildman–Crippen LogP) is 1.23. The predicted molar refractivity (Wildman–Crippen MR) is 73.5 cm³/mol. The maximum atomic E-state index is 12.1. The van der Waals surface area contributed by atoms with Gasteiger partial charge in [-0.3, -0.25) is 4.79 Å². The van der Waals surface area contributed by atoms with Crippen molar-refractivity contribution >= 4 is 12.0 Å². The number of ether oxygens (including phenoxy) is 1. The molecule has 2 N–H and O–H groups in total. The van der Waals surface area contributed by atoms with Gasteiger partial charge in [0.1, 0.15) is 0 Å². The van der Waals surface area contributed by atoms with E-state index in [1.165, 1.54) is 5.57 Å². The molecule has 2 heterocycles. The number of hydrogen-bond acceptors (Lipinski definition) is 3. The van der Waals surface area contributed by atoms with Crippen LogP contribution in [0.4, 0.5) is 4.79 Å². The molecule has 0 spiro atoms. The first-order valence-corrected chi connectivity index (χ1v) is 7.03. The van der Waals surface area contributed by atoms with E-state index in [1.54, 1.807) is 4.90 Å². The van der Waals surface area contributed by atoms with E-state index in [9.17, 15) is 14.7 Å². The highest BCUT2D eigenvalue weighted by atomic mass is 16.5. The molecule has 0 atom stereocenters. The molecule has 0 aromatic heterocycles. The van der Waals surface area contributed by atoms with Crippen LogP contribution >= 0.6 is 0 Å². The summed E-state index contributed by atoms with van der Waals surface area (Å²) in [5.74, 6) is -0.851.